The first kappa shape index (κ1) is 18.0. The molecule has 0 aliphatic heterocycles. The van der Waals surface area contributed by atoms with Gasteiger partial charge in [-0.2, -0.15) is 0 Å². The van der Waals surface area contributed by atoms with Gasteiger partial charge in [-0.25, -0.2) is 0 Å². The quantitative estimate of drug-likeness (QED) is 0.846. The molecule has 23 heavy (non-hydrogen) atoms. The molecule has 0 spiro atoms. The van der Waals surface area contributed by atoms with Crippen molar-refractivity contribution in [3.63, 3.8) is 0 Å². The van der Waals surface area contributed by atoms with Crippen LogP contribution in [0.15, 0.2) is 18.2 Å². The fraction of sp³-hybridized carbons (Fsp3) is 0.632. The Hall–Kier alpha value is -1.39. The van der Waals surface area contributed by atoms with E-state index in [2.05, 4.69) is 10.2 Å². The average molecular weight is 318 g/mol. The maximum Gasteiger partial charge on any atom is 0.238 e. The summed E-state index contributed by atoms with van der Waals surface area (Å²) in [6.45, 7) is 6.72. The van der Waals surface area contributed by atoms with Crippen molar-refractivity contribution in [2.24, 2.45) is 0 Å². The highest BCUT2D eigenvalue weighted by atomic mass is 16.3. The van der Waals surface area contributed by atoms with Gasteiger partial charge in [0.1, 0.15) is 0 Å². The van der Waals surface area contributed by atoms with Gasteiger partial charge in [-0.1, -0.05) is 37.5 Å². The summed E-state index contributed by atoms with van der Waals surface area (Å²) >= 11 is 0. The minimum atomic E-state index is -0.412. The fourth-order valence-corrected chi connectivity index (χ4v) is 3.50. The third-order valence-corrected chi connectivity index (χ3v) is 4.68. The molecule has 0 saturated heterocycles. The number of carbonyl (C=O) groups is 1. The van der Waals surface area contributed by atoms with Crippen molar-refractivity contribution in [1.29, 1.82) is 0 Å². The third-order valence-electron chi connectivity index (χ3n) is 4.68. The molecule has 2 rings (SSSR count). The second-order valence-corrected chi connectivity index (χ2v) is 6.89. The van der Waals surface area contributed by atoms with Gasteiger partial charge in [0, 0.05) is 18.3 Å². The minimum absolute atomic E-state index is 0.00798. The number of carbonyl (C=O) groups excluding carboxylic acids is 1. The summed E-state index contributed by atoms with van der Waals surface area (Å²) in [6, 6.07) is 6.44. The van der Waals surface area contributed by atoms with Crippen LogP contribution in [0.5, 0.6) is 0 Å². The summed E-state index contributed by atoms with van der Waals surface area (Å²) in [7, 11) is 0. The van der Waals surface area contributed by atoms with Gasteiger partial charge in [0.15, 0.2) is 0 Å². The molecular formula is C19H30N2O2. The highest BCUT2D eigenvalue weighted by Crippen LogP contribution is 2.23. The molecule has 1 aliphatic rings. The Bertz CT molecular complexity index is 502. The number of aryl methyl sites for hydroxylation is 2. The first-order valence-corrected chi connectivity index (χ1v) is 8.75. The molecule has 128 valence electrons. The molecule has 0 radical (unpaired) electrons. The first-order chi connectivity index (χ1) is 11.0. The lowest BCUT2D eigenvalue weighted by molar-refractivity contribution is -0.118. The van der Waals surface area contributed by atoms with Gasteiger partial charge < -0.3 is 10.4 Å². The molecule has 1 aromatic rings. The van der Waals surface area contributed by atoms with E-state index < -0.39 is 6.10 Å². The van der Waals surface area contributed by atoms with E-state index in [-0.39, 0.29) is 5.91 Å². The molecule has 1 aliphatic carbocycles. The van der Waals surface area contributed by atoms with Crippen LogP contribution in [-0.4, -0.2) is 41.1 Å². The van der Waals surface area contributed by atoms with Crippen LogP contribution in [0.2, 0.25) is 0 Å². The first-order valence-electron chi connectivity index (χ1n) is 8.75. The van der Waals surface area contributed by atoms with Gasteiger partial charge in [0.2, 0.25) is 5.91 Å². The Morgan fingerprint density at radius 3 is 2.43 bits per heavy atom. The highest BCUT2D eigenvalue weighted by Gasteiger charge is 2.24. The number of amides is 1. The maximum atomic E-state index is 12.5. The molecule has 4 nitrogen and oxygen atoms in total. The van der Waals surface area contributed by atoms with Crippen molar-refractivity contribution < 1.29 is 9.90 Å². The van der Waals surface area contributed by atoms with Gasteiger partial charge in [-0.3, -0.25) is 9.69 Å². The zero-order valence-electron chi connectivity index (χ0n) is 14.6. The van der Waals surface area contributed by atoms with Crippen LogP contribution >= 0.6 is 0 Å². The number of anilines is 1. The van der Waals surface area contributed by atoms with Gasteiger partial charge in [0.25, 0.3) is 0 Å². The number of nitrogens with one attached hydrogen (secondary N) is 1. The van der Waals surface area contributed by atoms with Crippen molar-refractivity contribution in [3.05, 3.63) is 29.3 Å². The van der Waals surface area contributed by atoms with Crippen molar-refractivity contribution in [3.8, 4) is 0 Å². The standard InChI is InChI=1S/C19H30N2O2/c1-14-8-7-9-15(2)19(14)20-18(23)13-21(12-16(3)22)17-10-5-4-6-11-17/h7-9,16-17,22H,4-6,10-13H2,1-3H3,(H,20,23). The molecule has 4 heteroatoms. The van der Waals surface area contributed by atoms with E-state index in [0.29, 0.717) is 19.1 Å². The molecule has 0 bridgehead atoms. The Labute approximate surface area is 139 Å². The smallest absolute Gasteiger partial charge is 0.238 e. The van der Waals surface area contributed by atoms with E-state index in [4.69, 9.17) is 0 Å². The second-order valence-electron chi connectivity index (χ2n) is 6.89. The Morgan fingerprint density at radius 1 is 1.26 bits per heavy atom. The second kappa shape index (κ2) is 8.46. The lowest BCUT2D eigenvalue weighted by atomic mass is 9.94. The number of benzene rings is 1. The summed E-state index contributed by atoms with van der Waals surface area (Å²) in [5.74, 6) is 0.00798. The van der Waals surface area contributed by atoms with Gasteiger partial charge >= 0.3 is 0 Å². The number of rotatable bonds is 6. The molecular weight excluding hydrogens is 288 g/mol. The molecule has 2 N–H and O–H groups in total. The Morgan fingerprint density at radius 2 is 1.87 bits per heavy atom. The molecule has 0 aromatic heterocycles. The normalized spacial score (nSPS) is 17.3. The number of nitrogens with zero attached hydrogens (tertiary/aromatic N) is 1. The van der Waals surface area contributed by atoms with E-state index in [1.807, 2.05) is 32.0 Å². The summed E-state index contributed by atoms with van der Waals surface area (Å²) in [5, 5.41) is 12.8. The molecule has 1 atom stereocenters. The number of hydrogen-bond acceptors (Lipinski definition) is 3. The van der Waals surface area contributed by atoms with Crippen LogP contribution in [0.1, 0.15) is 50.2 Å². The average Bonchev–Trinajstić information content (AvgIpc) is 2.51. The van der Waals surface area contributed by atoms with Crippen molar-refractivity contribution in [2.45, 2.75) is 65.0 Å². The highest BCUT2D eigenvalue weighted by molar-refractivity contribution is 5.93. The van der Waals surface area contributed by atoms with Crippen molar-refractivity contribution >= 4 is 11.6 Å². The Kier molecular flexibility index (Phi) is 6.60. The zero-order chi connectivity index (χ0) is 16.8. The topological polar surface area (TPSA) is 52.6 Å². The van der Waals surface area contributed by atoms with Gasteiger partial charge in [0.05, 0.1) is 12.6 Å². The Balaban J connectivity index is 2.01. The number of aliphatic hydroxyl groups is 1. The number of hydrogen-bond donors (Lipinski definition) is 2. The summed E-state index contributed by atoms with van der Waals surface area (Å²) < 4.78 is 0. The van der Waals surface area contributed by atoms with Crippen LogP contribution in [0.3, 0.4) is 0 Å². The predicted octanol–water partition coefficient (Wildman–Crippen LogP) is 3.26. The molecule has 0 heterocycles. The molecule has 1 amide bonds. The molecule has 1 fully saturated rings. The fourth-order valence-electron chi connectivity index (χ4n) is 3.50. The van der Waals surface area contributed by atoms with Crippen molar-refractivity contribution in [2.75, 3.05) is 18.4 Å². The van der Waals surface area contributed by atoms with E-state index in [1.165, 1.54) is 19.3 Å². The molecule has 1 unspecified atom stereocenters. The van der Waals surface area contributed by atoms with Crippen LogP contribution in [-0.2, 0) is 4.79 Å². The monoisotopic (exact) mass is 318 g/mol. The minimum Gasteiger partial charge on any atom is -0.392 e. The summed E-state index contributed by atoms with van der Waals surface area (Å²) in [5.41, 5.74) is 3.08. The van der Waals surface area contributed by atoms with E-state index in [0.717, 1.165) is 29.7 Å². The van der Waals surface area contributed by atoms with Gasteiger partial charge in [-0.15, -0.1) is 0 Å². The van der Waals surface area contributed by atoms with Crippen LogP contribution in [0, 0.1) is 13.8 Å². The lowest BCUT2D eigenvalue weighted by Gasteiger charge is -2.34. The molecule has 1 aromatic carbocycles. The van der Waals surface area contributed by atoms with E-state index in [1.54, 1.807) is 6.92 Å². The summed E-state index contributed by atoms with van der Waals surface area (Å²) in [4.78, 5) is 14.7. The largest absolute Gasteiger partial charge is 0.392 e. The maximum absolute atomic E-state index is 12.5. The zero-order valence-corrected chi connectivity index (χ0v) is 14.6. The van der Waals surface area contributed by atoms with E-state index in [9.17, 15) is 9.90 Å². The predicted molar refractivity (Wildman–Crippen MR) is 94.7 cm³/mol. The van der Waals surface area contributed by atoms with Gasteiger partial charge in [-0.05, 0) is 44.7 Å². The van der Waals surface area contributed by atoms with Crippen LogP contribution in [0.4, 0.5) is 5.69 Å². The van der Waals surface area contributed by atoms with E-state index >= 15 is 0 Å². The number of para-hydroxylation sites is 1. The molecule has 1 saturated carbocycles. The third kappa shape index (κ3) is 5.33. The van der Waals surface area contributed by atoms with Crippen LogP contribution in [0.25, 0.3) is 0 Å². The van der Waals surface area contributed by atoms with Crippen molar-refractivity contribution in [1.82, 2.24) is 4.90 Å². The van der Waals surface area contributed by atoms with Crippen LogP contribution < -0.4 is 5.32 Å². The summed E-state index contributed by atoms with van der Waals surface area (Å²) in [6.07, 6.45) is 5.57. The SMILES string of the molecule is Cc1cccc(C)c1NC(=O)CN(CC(C)O)C1CCCCC1. The number of aliphatic hydroxyl groups excluding tert-OH is 1. The lowest BCUT2D eigenvalue weighted by Crippen LogP contribution is -2.45.